The van der Waals surface area contributed by atoms with Crippen LogP contribution in [0.5, 0.6) is 5.75 Å². The van der Waals surface area contributed by atoms with Crippen LogP contribution in [0.2, 0.25) is 0 Å². The van der Waals surface area contributed by atoms with Crippen LogP contribution in [0.4, 0.5) is 18.9 Å². The lowest BCUT2D eigenvalue weighted by Crippen LogP contribution is -2.23. The number of fused-ring (bicyclic) bond motifs is 2. The van der Waals surface area contributed by atoms with Gasteiger partial charge in [0.05, 0.1) is 18.7 Å². The Morgan fingerprint density at radius 2 is 1.76 bits per heavy atom. The van der Waals surface area contributed by atoms with Gasteiger partial charge in [0, 0.05) is 21.9 Å². The van der Waals surface area contributed by atoms with Crippen molar-refractivity contribution in [1.29, 1.82) is 0 Å². The van der Waals surface area contributed by atoms with Gasteiger partial charge < -0.3 is 14.4 Å². The molecule has 3 aromatic carbocycles. The highest BCUT2D eigenvalue weighted by Crippen LogP contribution is 2.40. The summed E-state index contributed by atoms with van der Waals surface area (Å²) in [4.78, 5) is 27.5. The zero-order valence-corrected chi connectivity index (χ0v) is 21.6. The summed E-state index contributed by atoms with van der Waals surface area (Å²) in [6, 6.07) is 14.2. The molecule has 198 valence electrons. The first kappa shape index (κ1) is 26.2. The number of amides is 1. The minimum Gasteiger partial charge on any atom is -0.482 e. The third kappa shape index (κ3) is 5.25. The number of carbonyl (C=O) groups excluding carboxylic acids is 2. The lowest BCUT2D eigenvalue weighted by atomic mass is 10.0. The number of carbonyl (C=O) groups is 2. The molecule has 0 atom stereocenters. The molecule has 1 heterocycles. The molecule has 0 saturated heterocycles. The van der Waals surface area contributed by atoms with Crippen molar-refractivity contribution < 1.29 is 32.2 Å². The molecule has 0 bridgehead atoms. The first-order valence-electron chi connectivity index (χ1n) is 12.4. The van der Waals surface area contributed by atoms with Crippen LogP contribution >= 0.6 is 11.8 Å². The van der Waals surface area contributed by atoms with Crippen LogP contribution in [0.25, 0.3) is 0 Å². The topological polar surface area (TPSA) is 55.8 Å². The number of alkyl halides is 3. The second kappa shape index (κ2) is 10.7. The Balaban J connectivity index is 1.31. The van der Waals surface area contributed by atoms with E-state index in [4.69, 9.17) is 9.47 Å². The van der Waals surface area contributed by atoms with Gasteiger partial charge in [0.25, 0.3) is 5.91 Å². The maximum Gasteiger partial charge on any atom is 0.416 e. The standard InChI is InChI=1S/C29H26F3NO4S/c1-2-36-27(34)16-37-25-13-14-26(22-7-4-6-21(22)25)38-17-18-5-3-8-23-24(18)15-33(28(23)35)20-11-9-19(10-12-20)29(30,31)32/h3,5,8-14H,2,4,6-7,15-17H2,1H3. The molecular formula is C29H26F3NO4S. The number of anilines is 1. The van der Waals surface area contributed by atoms with Gasteiger partial charge in [-0.3, -0.25) is 4.79 Å². The smallest absolute Gasteiger partial charge is 0.416 e. The average Bonchev–Trinajstić information content (AvgIpc) is 3.52. The Morgan fingerprint density at radius 3 is 2.50 bits per heavy atom. The molecule has 1 aliphatic heterocycles. The van der Waals surface area contributed by atoms with Crippen LogP contribution in [0.1, 0.15) is 51.5 Å². The Morgan fingerprint density at radius 1 is 1.00 bits per heavy atom. The van der Waals surface area contributed by atoms with Crippen LogP contribution in [0, 0.1) is 0 Å². The first-order chi connectivity index (χ1) is 18.3. The summed E-state index contributed by atoms with van der Waals surface area (Å²) in [5.74, 6) is 0.756. The largest absolute Gasteiger partial charge is 0.482 e. The van der Waals surface area contributed by atoms with Gasteiger partial charge in [-0.2, -0.15) is 13.2 Å². The van der Waals surface area contributed by atoms with Crippen LogP contribution in [0.3, 0.4) is 0 Å². The molecule has 1 amide bonds. The monoisotopic (exact) mass is 541 g/mol. The van der Waals surface area contributed by atoms with Crippen molar-refractivity contribution in [3.8, 4) is 5.75 Å². The number of nitrogens with zero attached hydrogens (tertiary/aromatic N) is 1. The second-order valence-electron chi connectivity index (χ2n) is 9.13. The fourth-order valence-corrected chi connectivity index (χ4v) is 6.12. The molecule has 38 heavy (non-hydrogen) atoms. The highest BCUT2D eigenvalue weighted by atomic mass is 32.2. The van der Waals surface area contributed by atoms with Crippen LogP contribution in [-0.2, 0) is 40.8 Å². The van der Waals surface area contributed by atoms with E-state index in [2.05, 4.69) is 0 Å². The predicted molar refractivity (Wildman–Crippen MR) is 139 cm³/mol. The van der Waals surface area contributed by atoms with Gasteiger partial charge >= 0.3 is 12.1 Å². The Hall–Kier alpha value is -3.46. The van der Waals surface area contributed by atoms with Crippen molar-refractivity contribution >= 4 is 29.3 Å². The van der Waals surface area contributed by atoms with Crippen molar-refractivity contribution in [2.45, 2.75) is 49.6 Å². The Bertz CT molecular complexity index is 1370. The molecule has 5 nitrogen and oxygen atoms in total. The molecule has 0 fully saturated rings. The summed E-state index contributed by atoms with van der Waals surface area (Å²) in [6.07, 6.45) is -1.59. The lowest BCUT2D eigenvalue weighted by molar-refractivity contribution is -0.145. The molecule has 0 spiro atoms. The molecule has 2 aliphatic rings. The molecule has 0 radical (unpaired) electrons. The highest BCUT2D eigenvalue weighted by Gasteiger charge is 2.33. The number of thioether (sulfide) groups is 1. The Labute approximate surface area is 222 Å². The number of hydrogen-bond donors (Lipinski definition) is 0. The van der Waals surface area contributed by atoms with E-state index in [-0.39, 0.29) is 12.5 Å². The van der Waals surface area contributed by atoms with Gasteiger partial charge in [-0.1, -0.05) is 12.1 Å². The van der Waals surface area contributed by atoms with Crippen LogP contribution < -0.4 is 9.64 Å². The van der Waals surface area contributed by atoms with Crippen molar-refractivity contribution in [3.63, 3.8) is 0 Å². The minimum absolute atomic E-state index is 0.119. The van der Waals surface area contributed by atoms with E-state index in [9.17, 15) is 22.8 Å². The highest BCUT2D eigenvalue weighted by molar-refractivity contribution is 7.98. The maximum atomic E-state index is 13.1. The van der Waals surface area contributed by atoms with Gasteiger partial charge in [0.15, 0.2) is 6.61 Å². The third-order valence-corrected chi connectivity index (χ3v) is 7.95. The zero-order valence-electron chi connectivity index (χ0n) is 20.8. The fraction of sp³-hybridized carbons (Fsp3) is 0.310. The molecule has 3 aromatic rings. The third-order valence-electron chi connectivity index (χ3n) is 6.80. The number of ether oxygens (including phenoxy) is 2. The number of halogens is 3. The Kier molecular flexibility index (Phi) is 7.38. The van der Waals surface area contributed by atoms with E-state index in [1.165, 1.54) is 22.6 Å². The quantitative estimate of drug-likeness (QED) is 0.238. The van der Waals surface area contributed by atoms with Crippen LogP contribution in [-0.4, -0.2) is 25.1 Å². The molecule has 5 rings (SSSR count). The minimum atomic E-state index is -4.42. The van der Waals surface area contributed by atoms with Gasteiger partial charge in [0.1, 0.15) is 5.75 Å². The number of hydrogen-bond acceptors (Lipinski definition) is 5. The van der Waals surface area contributed by atoms with Crippen molar-refractivity contribution in [2.24, 2.45) is 0 Å². The van der Waals surface area contributed by atoms with Gasteiger partial charge in [0.2, 0.25) is 0 Å². The van der Waals surface area contributed by atoms with E-state index >= 15 is 0 Å². The number of rotatable bonds is 8. The molecule has 0 saturated carbocycles. The summed E-state index contributed by atoms with van der Waals surface area (Å²) < 4.78 is 49.6. The van der Waals surface area contributed by atoms with E-state index in [1.807, 2.05) is 24.3 Å². The molecule has 1 aliphatic carbocycles. The second-order valence-corrected chi connectivity index (χ2v) is 10.2. The molecule has 9 heteroatoms. The fourth-order valence-electron chi connectivity index (χ4n) is 4.98. The number of benzene rings is 3. The summed E-state index contributed by atoms with van der Waals surface area (Å²) in [5.41, 5.74) is 4.55. The predicted octanol–water partition coefficient (Wildman–Crippen LogP) is 6.59. The SMILES string of the molecule is CCOC(=O)COc1ccc(SCc2cccc3c2CN(c2ccc(C(F)(F)F)cc2)C3=O)c2c1CCC2. The van der Waals surface area contributed by atoms with E-state index in [0.29, 0.717) is 35.9 Å². The first-order valence-corrected chi connectivity index (χ1v) is 13.4. The van der Waals surface area contributed by atoms with E-state index in [0.717, 1.165) is 53.0 Å². The molecule has 0 N–H and O–H groups in total. The lowest BCUT2D eigenvalue weighted by Gasteiger charge is -2.17. The van der Waals surface area contributed by atoms with E-state index in [1.54, 1.807) is 24.8 Å². The summed E-state index contributed by atoms with van der Waals surface area (Å²) >= 11 is 1.69. The maximum absolute atomic E-state index is 13.1. The summed E-state index contributed by atoms with van der Waals surface area (Å²) in [7, 11) is 0. The summed E-state index contributed by atoms with van der Waals surface area (Å²) in [5, 5.41) is 0. The number of esters is 1. The van der Waals surface area contributed by atoms with Gasteiger partial charge in [-0.05, 0) is 90.9 Å². The van der Waals surface area contributed by atoms with Gasteiger partial charge in [-0.15, -0.1) is 11.8 Å². The van der Waals surface area contributed by atoms with Crippen molar-refractivity contribution in [1.82, 2.24) is 0 Å². The van der Waals surface area contributed by atoms with Gasteiger partial charge in [-0.25, -0.2) is 4.79 Å². The molecule has 0 unspecified atom stereocenters. The van der Waals surface area contributed by atoms with E-state index < -0.39 is 17.7 Å². The normalized spacial score (nSPS) is 14.4. The molecule has 0 aromatic heterocycles. The van der Waals surface area contributed by atoms with Crippen LogP contribution in [0.15, 0.2) is 59.5 Å². The average molecular weight is 542 g/mol. The molecular weight excluding hydrogens is 515 g/mol. The summed E-state index contributed by atoms with van der Waals surface area (Å²) in [6.45, 7) is 2.26. The van der Waals surface area contributed by atoms with Crippen molar-refractivity contribution in [3.05, 3.63) is 88.0 Å². The zero-order chi connectivity index (χ0) is 26.9. The van der Waals surface area contributed by atoms with Crippen molar-refractivity contribution in [2.75, 3.05) is 18.1 Å².